The zero-order valence-electron chi connectivity index (χ0n) is 13.4. The Hall–Kier alpha value is -1.15. The van der Waals surface area contributed by atoms with Crippen LogP contribution < -0.4 is 10.1 Å². The van der Waals surface area contributed by atoms with Crippen molar-refractivity contribution in [1.29, 1.82) is 0 Å². The molecule has 128 valence electrons. The molecule has 1 N–H and O–H groups in total. The van der Waals surface area contributed by atoms with Crippen molar-refractivity contribution in [3.05, 3.63) is 29.8 Å². The van der Waals surface area contributed by atoms with Crippen molar-refractivity contribution in [2.24, 2.45) is 5.92 Å². The Morgan fingerprint density at radius 2 is 2.22 bits per heavy atom. The van der Waals surface area contributed by atoms with Gasteiger partial charge in [0.05, 0.1) is 25.5 Å². The number of methoxy groups -OCH3 is 1. The highest BCUT2D eigenvalue weighted by molar-refractivity contribution is 7.89. The van der Waals surface area contributed by atoms with Crippen LogP contribution in [0.3, 0.4) is 0 Å². The molecule has 1 aromatic rings. The van der Waals surface area contributed by atoms with Gasteiger partial charge in [0.25, 0.3) is 0 Å². The number of rotatable bonds is 5. The van der Waals surface area contributed by atoms with Gasteiger partial charge in [-0.05, 0) is 18.4 Å². The lowest BCUT2D eigenvalue weighted by Crippen LogP contribution is -2.50. The predicted molar refractivity (Wildman–Crippen MR) is 88.0 cm³/mol. The van der Waals surface area contributed by atoms with Gasteiger partial charge in [-0.3, -0.25) is 0 Å². The van der Waals surface area contributed by atoms with Crippen LogP contribution in [0.4, 0.5) is 0 Å². The number of hydrogen-bond donors (Lipinski definition) is 1. The molecule has 0 spiro atoms. The summed E-state index contributed by atoms with van der Waals surface area (Å²) in [5.41, 5.74) is 0.911. The molecule has 0 amide bonds. The fourth-order valence-electron chi connectivity index (χ4n) is 3.33. The van der Waals surface area contributed by atoms with Crippen LogP contribution in [0.15, 0.2) is 24.3 Å². The molecule has 0 saturated carbocycles. The Labute approximate surface area is 137 Å². The normalized spacial score (nSPS) is 26.3. The standard InChI is InChI=1S/C16H24N2O4S/c1-21-16-5-3-2-4-14(16)15-10-17-7-8-18(15)23(19,20)12-13-6-9-22-11-13/h2-5,13,15,17H,6-12H2,1H3. The lowest BCUT2D eigenvalue weighted by atomic mass is 10.0. The Morgan fingerprint density at radius 1 is 1.39 bits per heavy atom. The van der Waals surface area contributed by atoms with Crippen LogP contribution >= 0.6 is 0 Å². The van der Waals surface area contributed by atoms with Crippen molar-refractivity contribution in [2.75, 3.05) is 45.7 Å². The average Bonchev–Trinajstić information content (AvgIpc) is 3.07. The molecule has 2 fully saturated rings. The van der Waals surface area contributed by atoms with Crippen molar-refractivity contribution in [3.63, 3.8) is 0 Å². The van der Waals surface area contributed by atoms with Crippen molar-refractivity contribution >= 4 is 10.0 Å². The van der Waals surface area contributed by atoms with Gasteiger partial charge in [0.2, 0.25) is 10.0 Å². The molecule has 0 bridgehead atoms. The highest BCUT2D eigenvalue weighted by atomic mass is 32.2. The molecule has 7 heteroatoms. The van der Waals surface area contributed by atoms with Gasteiger partial charge in [-0.25, -0.2) is 8.42 Å². The number of piperazine rings is 1. The molecule has 2 aliphatic heterocycles. The van der Waals surface area contributed by atoms with E-state index < -0.39 is 10.0 Å². The molecular weight excluding hydrogens is 316 g/mol. The third kappa shape index (κ3) is 3.68. The zero-order chi connectivity index (χ0) is 16.3. The largest absolute Gasteiger partial charge is 0.496 e. The molecule has 1 aromatic carbocycles. The summed E-state index contributed by atoms with van der Waals surface area (Å²) < 4.78 is 38.2. The van der Waals surface area contributed by atoms with Gasteiger partial charge in [-0.15, -0.1) is 0 Å². The van der Waals surface area contributed by atoms with Gasteiger partial charge in [0.1, 0.15) is 5.75 Å². The van der Waals surface area contributed by atoms with E-state index >= 15 is 0 Å². The molecule has 3 rings (SSSR count). The van der Waals surface area contributed by atoms with Crippen LogP contribution in [-0.2, 0) is 14.8 Å². The number of para-hydroxylation sites is 1. The minimum absolute atomic E-state index is 0.105. The molecule has 0 aliphatic carbocycles. The minimum Gasteiger partial charge on any atom is -0.496 e. The fraction of sp³-hybridized carbons (Fsp3) is 0.625. The molecule has 2 unspecified atom stereocenters. The SMILES string of the molecule is COc1ccccc1C1CNCCN1S(=O)(=O)CC1CCOC1. The van der Waals surface area contributed by atoms with Crippen LogP contribution in [0.25, 0.3) is 0 Å². The summed E-state index contributed by atoms with van der Waals surface area (Å²) >= 11 is 0. The molecule has 0 aromatic heterocycles. The van der Waals surface area contributed by atoms with Gasteiger partial charge in [-0.2, -0.15) is 4.31 Å². The molecule has 6 nitrogen and oxygen atoms in total. The number of nitrogens with zero attached hydrogens (tertiary/aromatic N) is 1. The monoisotopic (exact) mass is 340 g/mol. The maximum atomic E-state index is 12.9. The van der Waals surface area contributed by atoms with Crippen LogP contribution in [0.2, 0.25) is 0 Å². The summed E-state index contributed by atoms with van der Waals surface area (Å²) in [5.74, 6) is 0.998. The first-order chi connectivity index (χ1) is 11.1. The van der Waals surface area contributed by atoms with E-state index in [9.17, 15) is 8.42 Å². The average molecular weight is 340 g/mol. The minimum atomic E-state index is -3.33. The van der Waals surface area contributed by atoms with Crippen molar-refractivity contribution in [3.8, 4) is 5.75 Å². The number of sulfonamides is 1. The Bertz CT molecular complexity index is 629. The van der Waals surface area contributed by atoms with E-state index in [0.717, 1.165) is 17.7 Å². The van der Waals surface area contributed by atoms with Crippen molar-refractivity contribution in [1.82, 2.24) is 9.62 Å². The van der Waals surface area contributed by atoms with E-state index in [1.165, 1.54) is 0 Å². The lowest BCUT2D eigenvalue weighted by molar-refractivity contribution is 0.188. The number of ether oxygens (including phenoxy) is 2. The molecule has 2 heterocycles. The van der Waals surface area contributed by atoms with E-state index in [0.29, 0.717) is 32.8 Å². The fourth-order valence-corrected chi connectivity index (χ4v) is 5.33. The number of benzene rings is 1. The molecular formula is C16H24N2O4S. The summed E-state index contributed by atoms with van der Waals surface area (Å²) in [7, 11) is -1.72. The second-order valence-corrected chi connectivity index (χ2v) is 8.05. The van der Waals surface area contributed by atoms with Crippen molar-refractivity contribution in [2.45, 2.75) is 12.5 Å². The van der Waals surface area contributed by atoms with Crippen LogP contribution in [0, 0.1) is 5.92 Å². The molecule has 2 aliphatic rings. The Morgan fingerprint density at radius 3 is 2.96 bits per heavy atom. The predicted octanol–water partition coefficient (Wildman–Crippen LogP) is 1.01. The highest BCUT2D eigenvalue weighted by Crippen LogP contribution is 2.32. The van der Waals surface area contributed by atoms with E-state index in [1.54, 1.807) is 11.4 Å². The van der Waals surface area contributed by atoms with Crippen LogP contribution in [0.1, 0.15) is 18.0 Å². The summed E-state index contributed by atoms with van der Waals surface area (Å²) in [6.07, 6.45) is 0.824. The summed E-state index contributed by atoms with van der Waals surface area (Å²) in [4.78, 5) is 0. The topological polar surface area (TPSA) is 67.9 Å². The van der Waals surface area contributed by atoms with E-state index in [2.05, 4.69) is 5.32 Å². The van der Waals surface area contributed by atoms with E-state index in [1.807, 2.05) is 24.3 Å². The molecule has 2 saturated heterocycles. The Kier molecular flexibility index (Phi) is 5.21. The first-order valence-corrected chi connectivity index (χ1v) is 9.63. The molecule has 0 radical (unpaired) electrons. The summed E-state index contributed by atoms with van der Waals surface area (Å²) in [6.45, 7) is 2.97. The lowest BCUT2D eigenvalue weighted by Gasteiger charge is -2.36. The van der Waals surface area contributed by atoms with Crippen LogP contribution in [-0.4, -0.2) is 58.4 Å². The summed E-state index contributed by atoms with van der Waals surface area (Å²) in [5, 5.41) is 3.29. The third-order valence-electron chi connectivity index (χ3n) is 4.52. The van der Waals surface area contributed by atoms with Gasteiger partial charge < -0.3 is 14.8 Å². The summed E-state index contributed by atoms with van der Waals surface area (Å²) in [6, 6.07) is 7.40. The van der Waals surface area contributed by atoms with E-state index in [4.69, 9.17) is 9.47 Å². The smallest absolute Gasteiger partial charge is 0.215 e. The quantitative estimate of drug-likeness (QED) is 0.866. The first-order valence-electron chi connectivity index (χ1n) is 8.02. The zero-order valence-corrected chi connectivity index (χ0v) is 14.2. The second-order valence-electron chi connectivity index (χ2n) is 6.08. The highest BCUT2D eigenvalue weighted by Gasteiger charge is 2.36. The number of hydrogen-bond acceptors (Lipinski definition) is 5. The van der Waals surface area contributed by atoms with Gasteiger partial charge in [-0.1, -0.05) is 18.2 Å². The van der Waals surface area contributed by atoms with Crippen molar-refractivity contribution < 1.29 is 17.9 Å². The molecule has 23 heavy (non-hydrogen) atoms. The molecule has 2 atom stereocenters. The van der Waals surface area contributed by atoms with Gasteiger partial charge in [0, 0.05) is 31.8 Å². The maximum Gasteiger partial charge on any atom is 0.215 e. The van der Waals surface area contributed by atoms with Crippen LogP contribution in [0.5, 0.6) is 5.75 Å². The second kappa shape index (κ2) is 7.17. The maximum absolute atomic E-state index is 12.9. The third-order valence-corrected chi connectivity index (χ3v) is 6.56. The van der Waals surface area contributed by atoms with E-state index in [-0.39, 0.29) is 17.7 Å². The number of nitrogens with one attached hydrogen (secondary N) is 1. The van der Waals surface area contributed by atoms with Gasteiger partial charge >= 0.3 is 0 Å². The Balaban J connectivity index is 1.86. The first kappa shape index (κ1) is 16.7. The van der Waals surface area contributed by atoms with Gasteiger partial charge in [0.15, 0.2) is 0 Å².